The number of sulfone groups is 1. The summed E-state index contributed by atoms with van der Waals surface area (Å²) in [4.78, 5) is 0. The molecule has 0 heterocycles. The lowest BCUT2D eigenvalue weighted by Crippen LogP contribution is -2.44. The van der Waals surface area contributed by atoms with Crippen molar-refractivity contribution in [2.45, 2.75) is 101 Å². The molecule has 0 aliphatic heterocycles. The highest BCUT2D eigenvalue weighted by atomic mass is 32.2. The van der Waals surface area contributed by atoms with E-state index in [9.17, 15) is 34.8 Å². The molecule has 0 aromatic rings. The van der Waals surface area contributed by atoms with Crippen LogP contribution in [0.25, 0.3) is 0 Å². The van der Waals surface area contributed by atoms with Crippen LogP contribution in [-0.2, 0) is 14.6 Å². The van der Waals surface area contributed by atoms with Gasteiger partial charge in [0.15, 0.2) is 5.41 Å². The zero-order valence-electron chi connectivity index (χ0n) is 26.6. The Bertz CT molecular complexity index is 726. The number of hydrogen-bond donors (Lipinski definition) is 0. The first kappa shape index (κ1) is 42.7. The van der Waals surface area contributed by atoms with E-state index in [4.69, 9.17) is 0 Å². The molecule has 238 valence electrons. The lowest BCUT2D eigenvalue weighted by atomic mass is 9.80. The number of ether oxygens (including phenoxy) is 1. The molecule has 0 aromatic carbocycles. The highest BCUT2D eigenvalue weighted by molar-refractivity contribution is 7.89. The van der Waals surface area contributed by atoms with E-state index >= 15 is 0 Å². The van der Waals surface area contributed by atoms with Crippen LogP contribution in [0.15, 0.2) is 12.2 Å². The summed E-state index contributed by atoms with van der Waals surface area (Å²) in [5, 5.41) is 0. The molecule has 3 nitrogen and oxygen atoms in total. The summed E-state index contributed by atoms with van der Waals surface area (Å²) in [7, 11) is 0.583. The van der Waals surface area contributed by atoms with E-state index in [1.54, 1.807) is 14.2 Å². The fourth-order valence-electron chi connectivity index (χ4n) is 4.56. The van der Waals surface area contributed by atoms with Gasteiger partial charge in [0.2, 0.25) is 0 Å². The van der Waals surface area contributed by atoms with Gasteiger partial charge in [-0.15, -0.1) is 0 Å². The first-order valence-corrected chi connectivity index (χ1v) is 15.8. The topological polar surface area (TPSA) is 43.4 Å². The minimum absolute atomic E-state index is 0.104. The van der Waals surface area contributed by atoms with E-state index in [1.165, 1.54) is 19.3 Å². The van der Waals surface area contributed by atoms with Crippen molar-refractivity contribution >= 4 is 9.84 Å². The van der Waals surface area contributed by atoms with Crippen molar-refractivity contribution < 1.29 is 39.5 Å². The van der Waals surface area contributed by atoms with Gasteiger partial charge in [-0.2, -0.15) is 26.3 Å². The SMILES string of the molecule is CC(C)(C(F)(F)F)C(F)(F)F.CC(C)(C)C.CC1CC(C)C2C3C=CC(C3)C12.CCC.COC.CS(C)(=O)=O. The molecule has 2 bridgehead atoms. The van der Waals surface area contributed by atoms with Crippen LogP contribution in [-0.4, -0.2) is 47.5 Å². The van der Waals surface area contributed by atoms with Crippen molar-refractivity contribution in [3.63, 3.8) is 0 Å². The van der Waals surface area contributed by atoms with E-state index in [0.717, 1.165) is 48.0 Å². The van der Waals surface area contributed by atoms with Gasteiger partial charge >= 0.3 is 12.4 Å². The van der Waals surface area contributed by atoms with E-state index < -0.39 is 27.6 Å². The molecular weight excluding hydrogens is 542 g/mol. The maximum atomic E-state index is 11.6. The highest BCUT2D eigenvalue weighted by Gasteiger charge is 2.64. The zero-order valence-corrected chi connectivity index (χ0v) is 27.5. The second-order valence-electron chi connectivity index (χ2n) is 13.2. The molecule has 0 radical (unpaired) electrons. The Hall–Kier alpha value is -0.770. The minimum Gasteiger partial charge on any atom is -0.388 e. The Labute approximate surface area is 235 Å². The maximum absolute atomic E-state index is 11.6. The van der Waals surface area contributed by atoms with Gasteiger partial charge in [0, 0.05) is 26.7 Å². The molecule has 0 aromatic heterocycles. The van der Waals surface area contributed by atoms with Gasteiger partial charge < -0.3 is 4.74 Å². The third-order valence-corrected chi connectivity index (χ3v) is 6.06. The Balaban J connectivity index is -0.000000440. The molecule has 0 amide bonds. The van der Waals surface area contributed by atoms with Crippen LogP contribution in [0, 0.1) is 46.3 Å². The summed E-state index contributed by atoms with van der Waals surface area (Å²) < 4.78 is 93.2. The van der Waals surface area contributed by atoms with Gasteiger partial charge in [0.1, 0.15) is 9.84 Å². The van der Waals surface area contributed by atoms with Crippen LogP contribution >= 0.6 is 0 Å². The van der Waals surface area contributed by atoms with Gasteiger partial charge in [-0.3, -0.25) is 0 Å². The summed E-state index contributed by atoms with van der Waals surface area (Å²) in [6.45, 7) is 18.1. The minimum atomic E-state index is -5.24. The summed E-state index contributed by atoms with van der Waals surface area (Å²) >= 11 is 0. The third kappa shape index (κ3) is 18.3. The quantitative estimate of drug-likeness (QED) is 0.206. The van der Waals surface area contributed by atoms with Crippen molar-refractivity contribution in [1.82, 2.24) is 0 Å². The Morgan fingerprint density at radius 2 is 0.923 bits per heavy atom. The third-order valence-electron chi connectivity index (χ3n) is 6.06. The zero-order chi connectivity index (χ0) is 32.2. The van der Waals surface area contributed by atoms with Gasteiger partial charge in [0.05, 0.1) is 0 Å². The van der Waals surface area contributed by atoms with Crippen molar-refractivity contribution in [2.75, 3.05) is 26.7 Å². The summed E-state index contributed by atoms with van der Waals surface area (Å²) in [6, 6.07) is 0. The molecule has 6 unspecified atom stereocenters. The predicted octanol–water partition coefficient (Wildman–Crippen LogP) is 9.63. The normalized spacial score (nSPS) is 27.1. The number of methoxy groups -OCH3 is 1. The Morgan fingerprint density at radius 1 is 0.718 bits per heavy atom. The number of rotatable bonds is 0. The Kier molecular flexibility index (Phi) is 18.9. The van der Waals surface area contributed by atoms with E-state index in [0.29, 0.717) is 5.41 Å². The largest absolute Gasteiger partial charge is 0.402 e. The van der Waals surface area contributed by atoms with Crippen LogP contribution < -0.4 is 0 Å². The second kappa shape index (κ2) is 17.2. The number of fused-ring (bicyclic) bond motifs is 5. The molecule has 6 atom stereocenters. The molecule has 3 aliphatic rings. The standard InChI is InChI=1S/C12H18.C5H6F6.C5H12.C3H8.C2H6O2S.C2H6O/c1-7-5-8(2)12-10-4-3-9(6-10)11(7)12;1-3(2,4(6,7)8)5(9,10)11;1-5(2,3)4;1-3-2;1-5(2,3)4;1-3-2/h3-4,7-12H,5-6H2,1-2H3;1-2H3;1-4H3;3H2,1-2H3;1-2H3;1-2H3. The van der Waals surface area contributed by atoms with Crippen LogP contribution in [0.4, 0.5) is 26.3 Å². The maximum Gasteiger partial charge on any atom is 0.402 e. The molecule has 0 saturated heterocycles. The van der Waals surface area contributed by atoms with Gasteiger partial charge in [-0.05, 0) is 67.6 Å². The molecule has 10 heteroatoms. The first-order chi connectivity index (χ1) is 17.1. The average molecular weight is 599 g/mol. The Morgan fingerprint density at radius 3 is 1.08 bits per heavy atom. The predicted molar refractivity (Wildman–Crippen MR) is 151 cm³/mol. The smallest absolute Gasteiger partial charge is 0.388 e. The van der Waals surface area contributed by atoms with E-state index in [2.05, 4.69) is 72.3 Å². The molecule has 0 N–H and O–H groups in total. The van der Waals surface area contributed by atoms with E-state index in [1.807, 2.05) is 0 Å². The van der Waals surface area contributed by atoms with Crippen molar-refractivity contribution in [1.29, 1.82) is 0 Å². The molecule has 0 spiro atoms. The lowest BCUT2D eigenvalue weighted by Gasteiger charge is -2.29. The molecule has 2 saturated carbocycles. The lowest BCUT2D eigenvalue weighted by molar-refractivity contribution is -0.327. The highest BCUT2D eigenvalue weighted by Crippen LogP contribution is 2.59. The molecular formula is C29H56F6O3S. The van der Waals surface area contributed by atoms with Crippen molar-refractivity contribution in [3.05, 3.63) is 12.2 Å². The summed E-state index contributed by atoms with van der Waals surface area (Å²) in [6.07, 6.45) is 1.06. The fraction of sp³-hybridized carbons (Fsp3) is 0.931. The summed E-state index contributed by atoms with van der Waals surface area (Å²) in [5.74, 6) is 6.08. The molecule has 39 heavy (non-hydrogen) atoms. The average Bonchev–Trinajstić information content (AvgIpc) is 3.34. The van der Waals surface area contributed by atoms with E-state index in [-0.39, 0.29) is 13.8 Å². The van der Waals surface area contributed by atoms with Crippen LogP contribution in [0.5, 0.6) is 0 Å². The van der Waals surface area contributed by atoms with Crippen molar-refractivity contribution in [2.24, 2.45) is 46.3 Å². The first-order valence-electron chi connectivity index (χ1n) is 13.5. The molecule has 2 fully saturated rings. The number of hydrogen-bond acceptors (Lipinski definition) is 3. The van der Waals surface area contributed by atoms with Crippen LogP contribution in [0.2, 0.25) is 0 Å². The van der Waals surface area contributed by atoms with Crippen LogP contribution in [0.1, 0.15) is 88.5 Å². The number of halogens is 6. The van der Waals surface area contributed by atoms with Gasteiger partial charge in [-0.25, -0.2) is 8.42 Å². The van der Waals surface area contributed by atoms with Gasteiger partial charge in [-0.1, -0.05) is 74.0 Å². The number of alkyl halides is 6. The van der Waals surface area contributed by atoms with Gasteiger partial charge in [0.25, 0.3) is 0 Å². The molecule has 3 aliphatic carbocycles. The summed E-state index contributed by atoms with van der Waals surface area (Å²) in [5.41, 5.74) is -3.12. The fourth-order valence-corrected chi connectivity index (χ4v) is 4.56. The van der Waals surface area contributed by atoms with Crippen LogP contribution in [0.3, 0.4) is 0 Å². The molecule has 3 rings (SSSR count). The number of allylic oxidation sites excluding steroid dienone is 2. The monoisotopic (exact) mass is 598 g/mol. The van der Waals surface area contributed by atoms with Crippen molar-refractivity contribution in [3.8, 4) is 0 Å². The second-order valence-corrected chi connectivity index (χ2v) is 15.5.